The minimum absolute atomic E-state index is 0.0479. The molecule has 2 aliphatic rings. The summed E-state index contributed by atoms with van der Waals surface area (Å²) in [6.07, 6.45) is 7.23. The second-order valence-electron chi connectivity index (χ2n) is 6.71. The molecule has 2 heteroatoms. The van der Waals surface area contributed by atoms with Gasteiger partial charge in [-0.15, -0.1) is 0 Å². The van der Waals surface area contributed by atoms with Gasteiger partial charge < -0.3 is 9.84 Å². The van der Waals surface area contributed by atoms with Crippen LogP contribution in [0.25, 0.3) is 0 Å². The van der Waals surface area contributed by atoms with E-state index in [1.165, 1.54) is 19.3 Å². The molecule has 0 bridgehead atoms. The third-order valence-electron chi connectivity index (χ3n) is 5.97. The Morgan fingerprint density at radius 3 is 2.22 bits per heavy atom. The molecule has 106 valence electrons. The summed E-state index contributed by atoms with van der Waals surface area (Å²) in [5, 5.41) is 10.1. The number of hydrogen-bond donors (Lipinski definition) is 1. The Balaban J connectivity index is 1.90. The first-order chi connectivity index (χ1) is 8.53. The van der Waals surface area contributed by atoms with E-state index in [4.69, 9.17) is 4.74 Å². The van der Waals surface area contributed by atoms with E-state index in [1.54, 1.807) is 0 Å². The molecule has 2 saturated carbocycles. The first kappa shape index (κ1) is 14.3. The van der Waals surface area contributed by atoms with Crippen molar-refractivity contribution < 1.29 is 9.84 Å². The van der Waals surface area contributed by atoms with Crippen molar-refractivity contribution in [2.24, 2.45) is 17.3 Å². The maximum atomic E-state index is 10.1. The SMILES string of the molecule is CCC1(CC)C(O)CC1OC1CCC(C)C(C)C1. The zero-order valence-corrected chi connectivity index (χ0v) is 12.5. The molecule has 0 aliphatic heterocycles. The molecule has 0 aromatic heterocycles. The minimum atomic E-state index is -0.141. The summed E-state index contributed by atoms with van der Waals surface area (Å²) in [6.45, 7) is 9.08. The lowest BCUT2D eigenvalue weighted by Gasteiger charge is -2.54. The molecule has 0 heterocycles. The highest BCUT2D eigenvalue weighted by Gasteiger charge is 2.53. The van der Waals surface area contributed by atoms with E-state index >= 15 is 0 Å². The third kappa shape index (κ3) is 2.34. The number of ether oxygens (including phenoxy) is 1. The van der Waals surface area contributed by atoms with Crippen LogP contribution in [0.1, 0.15) is 66.2 Å². The first-order valence-corrected chi connectivity index (χ1v) is 7.87. The molecule has 1 N–H and O–H groups in total. The smallest absolute Gasteiger partial charge is 0.0684 e. The van der Waals surface area contributed by atoms with Crippen LogP contribution < -0.4 is 0 Å². The zero-order valence-electron chi connectivity index (χ0n) is 12.5. The van der Waals surface area contributed by atoms with Crippen molar-refractivity contribution in [3.05, 3.63) is 0 Å². The van der Waals surface area contributed by atoms with Crippen molar-refractivity contribution in [3.63, 3.8) is 0 Å². The Labute approximate surface area is 112 Å². The van der Waals surface area contributed by atoms with Gasteiger partial charge in [0.05, 0.1) is 18.3 Å². The van der Waals surface area contributed by atoms with Crippen molar-refractivity contribution in [2.45, 2.75) is 84.5 Å². The fraction of sp³-hybridized carbons (Fsp3) is 1.00. The number of aliphatic hydroxyl groups excluding tert-OH is 1. The third-order valence-corrected chi connectivity index (χ3v) is 5.97. The lowest BCUT2D eigenvalue weighted by molar-refractivity contribution is -0.219. The minimum Gasteiger partial charge on any atom is -0.392 e. The molecule has 18 heavy (non-hydrogen) atoms. The van der Waals surface area contributed by atoms with E-state index in [0.29, 0.717) is 12.2 Å². The predicted octanol–water partition coefficient (Wildman–Crippen LogP) is 3.77. The van der Waals surface area contributed by atoms with Gasteiger partial charge in [0.15, 0.2) is 0 Å². The topological polar surface area (TPSA) is 29.5 Å². The molecule has 2 rings (SSSR count). The van der Waals surface area contributed by atoms with E-state index in [-0.39, 0.29) is 11.5 Å². The molecule has 5 unspecified atom stereocenters. The highest BCUT2D eigenvalue weighted by atomic mass is 16.5. The summed E-state index contributed by atoms with van der Waals surface area (Å²) in [5.41, 5.74) is 0.0479. The summed E-state index contributed by atoms with van der Waals surface area (Å²) < 4.78 is 6.35. The molecule has 0 amide bonds. The Kier molecular flexibility index (Phi) is 4.38. The number of aliphatic hydroxyl groups is 1. The summed E-state index contributed by atoms with van der Waals surface area (Å²) in [5.74, 6) is 1.63. The second-order valence-corrected chi connectivity index (χ2v) is 6.71. The van der Waals surface area contributed by atoms with Gasteiger partial charge in [0, 0.05) is 11.8 Å². The fourth-order valence-electron chi connectivity index (χ4n) is 3.95. The molecule has 0 saturated heterocycles. The van der Waals surface area contributed by atoms with Crippen LogP contribution >= 0.6 is 0 Å². The van der Waals surface area contributed by atoms with E-state index in [9.17, 15) is 5.11 Å². The summed E-state index contributed by atoms with van der Waals surface area (Å²) >= 11 is 0. The van der Waals surface area contributed by atoms with Gasteiger partial charge in [0.2, 0.25) is 0 Å². The molecular weight excluding hydrogens is 224 g/mol. The Hall–Kier alpha value is -0.0800. The molecule has 2 fully saturated rings. The zero-order chi connectivity index (χ0) is 13.3. The van der Waals surface area contributed by atoms with E-state index < -0.39 is 0 Å². The van der Waals surface area contributed by atoms with Crippen LogP contribution in [0.4, 0.5) is 0 Å². The van der Waals surface area contributed by atoms with Crippen molar-refractivity contribution >= 4 is 0 Å². The van der Waals surface area contributed by atoms with Crippen molar-refractivity contribution in [3.8, 4) is 0 Å². The van der Waals surface area contributed by atoms with Crippen LogP contribution in [0.5, 0.6) is 0 Å². The fourth-order valence-corrected chi connectivity index (χ4v) is 3.95. The molecule has 0 aromatic carbocycles. The van der Waals surface area contributed by atoms with Crippen molar-refractivity contribution in [1.82, 2.24) is 0 Å². The van der Waals surface area contributed by atoms with Crippen LogP contribution in [-0.2, 0) is 4.74 Å². The monoisotopic (exact) mass is 254 g/mol. The van der Waals surface area contributed by atoms with Gasteiger partial charge >= 0.3 is 0 Å². The maximum Gasteiger partial charge on any atom is 0.0684 e. The van der Waals surface area contributed by atoms with Crippen LogP contribution in [-0.4, -0.2) is 23.4 Å². The lowest BCUT2D eigenvalue weighted by Crippen LogP contribution is -2.58. The highest BCUT2D eigenvalue weighted by Crippen LogP contribution is 2.50. The van der Waals surface area contributed by atoms with E-state index in [1.807, 2.05) is 0 Å². The summed E-state index contributed by atoms with van der Waals surface area (Å²) in [6, 6.07) is 0. The largest absolute Gasteiger partial charge is 0.392 e. The van der Waals surface area contributed by atoms with Gasteiger partial charge in [0.25, 0.3) is 0 Å². The van der Waals surface area contributed by atoms with Gasteiger partial charge in [-0.25, -0.2) is 0 Å². The number of hydrogen-bond acceptors (Lipinski definition) is 2. The maximum absolute atomic E-state index is 10.1. The van der Waals surface area contributed by atoms with Crippen LogP contribution in [0.15, 0.2) is 0 Å². The Morgan fingerprint density at radius 1 is 1.06 bits per heavy atom. The predicted molar refractivity (Wildman–Crippen MR) is 74.5 cm³/mol. The molecule has 5 atom stereocenters. The molecule has 2 aliphatic carbocycles. The summed E-state index contributed by atoms with van der Waals surface area (Å²) in [7, 11) is 0. The van der Waals surface area contributed by atoms with Crippen LogP contribution in [0, 0.1) is 17.3 Å². The van der Waals surface area contributed by atoms with E-state index in [2.05, 4.69) is 27.7 Å². The molecule has 2 nitrogen and oxygen atoms in total. The molecule has 0 aromatic rings. The van der Waals surface area contributed by atoms with Crippen molar-refractivity contribution in [2.75, 3.05) is 0 Å². The van der Waals surface area contributed by atoms with E-state index in [0.717, 1.165) is 31.1 Å². The Morgan fingerprint density at radius 2 is 1.72 bits per heavy atom. The van der Waals surface area contributed by atoms with Gasteiger partial charge in [0.1, 0.15) is 0 Å². The molecule has 0 radical (unpaired) electrons. The average Bonchev–Trinajstić information content (AvgIpc) is 2.35. The quantitative estimate of drug-likeness (QED) is 0.827. The van der Waals surface area contributed by atoms with Gasteiger partial charge in [-0.2, -0.15) is 0 Å². The highest BCUT2D eigenvalue weighted by molar-refractivity contribution is 5.03. The molecular formula is C16H30O2. The average molecular weight is 254 g/mol. The standard InChI is InChI=1S/C16H30O2/c1-5-16(6-2)14(17)10-15(16)18-13-8-7-11(3)12(4)9-13/h11-15,17H,5-10H2,1-4H3. The summed E-state index contributed by atoms with van der Waals surface area (Å²) in [4.78, 5) is 0. The second kappa shape index (κ2) is 5.50. The van der Waals surface area contributed by atoms with Crippen LogP contribution in [0.2, 0.25) is 0 Å². The first-order valence-electron chi connectivity index (χ1n) is 7.87. The van der Waals surface area contributed by atoms with Crippen LogP contribution in [0.3, 0.4) is 0 Å². The Bertz CT molecular complexity index is 272. The van der Waals surface area contributed by atoms with Crippen molar-refractivity contribution in [1.29, 1.82) is 0 Å². The van der Waals surface area contributed by atoms with Gasteiger partial charge in [-0.05, 0) is 43.9 Å². The lowest BCUT2D eigenvalue weighted by atomic mass is 9.60. The normalized spacial score (nSPS) is 43.5. The molecule has 0 spiro atoms. The van der Waals surface area contributed by atoms with Gasteiger partial charge in [-0.3, -0.25) is 0 Å². The number of rotatable bonds is 4. The van der Waals surface area contributed by atoms with Gasteiger partial charge in [-0.1, -0.05) is 27.7 Å².